The predicted molar refractivity (Wildman–Crippen MR) is 63.5 cm³/mol. The molecule has 0 fully saturated rings. The fourth-order valence-corrected chi connectivity index (χ4v) is 2.72. The van der Waals surface area contributed by atoms with E-state index in [0.29, 0.717) is 11.6 Å². The second-order valence-electron chi connectivity index (χ2n) is 2.94. The maximum absolute atomic E-state index is 5.31. The van der Waals surface area contributed by atoms with E-state index in [1.54, 1.807) is 11.7 Å². The molecule has 0 unspecified atom stereocenters. The van der Waals surface area contributed by atoms with Crippen LogP contribution in [0.15, 0.2) is 21.1 Å². The molecule has 8 nitrogen and oxygen atoms in total. The van der Waals surface area contributed by atoms with E-state index in [4.69, 9.17) is 5.84 Å². The zero-order valence-corrected chi connectivity index (χ0v) is 9.92. The Morgan fingerprint density at radius 1 is 1.41 bits per heavy atom. The fraction of sp³-hybridized carbons (Fsp3) is 0. The van der Waals surface area contributed by atoms with Gasteiger partial charge in [-0.1, -0.05) is 11.3 Å². The third-order valence-corrected chi connectivity index (χ3v) is 3.71. The van der Waals surface area contributed by atoms with Crippen molar-refractivity contribution in [2.24, 2.45) is 5.84 Å². The van der Waals surface area contributed by atoms with Crippen LogP contribution in [0.2, 0.25) is 0 Å². The minimum atomic E-state index is 0.328. The van der Waals surface area contributed by atoms with Crippen molar-refractivity contribution >= 4 is 40.1 Å². The number of nitrogen functional groups attached to an aromatic ring is 1. The van der Waals surface area contributed by atoms with E-state index in [-0.39, 0.29) is 0 Å². The highest BCUT2D eigenvalue weighted by atomic mass is 32.2. The van der Waals surface area contributed by atoms with Crippen molar-refractivity contribution in [3.8, 4) is 0 Å². The van der Waals surface area contributed by atoms with Crippen molar-refractivity contribution < 1.29 is 0 Å². The highest BCUT2D eigenvalue weighted by Crippen LogP contribution is 2.31. The third-order valence-electron chi connectivity index (χ3n) is 1.93. The molecule has 86 valence electrons. The number of nitrogens with one attached hydrogen (secondary N) is 2. The second-order valence-corrected chi connectivity index (χ2v) is 5.00. The molecule has 0 radical (unpaired) electrons. The zero-order valence-electron chi connectivity index (χ0n) is 8.28. The molecule has 3 aromatic heterocycles. The van der Waals surface area contributed by atoms with Gasteiger partial charge in [-0.3, -0.25) is 10.5 Å². The van der Waals surface area contributed by atoms with Crippen molar-refractivity contribution in [3.63, 3.8) is 0 Å². The zero-order chi connectivity index (χ0) is 11.7. The Morgan fingerprint density at radius 2 is 2.35 bits per heavy atom. The Hall–Kier alpha value is -1.78. The quantitative estimate of drug-likeness (QED) is 0.359. The summed E-state index contributed by atoms with van der Waals surface area (Å²) in [5, 5.41) is 16.0. The molecule has 0 bridgehead atoms. The number of hydrogen-bond acceptors (Lipinski definition) is 9. The minimum Gasteiger partial charge on any atom is -0.292 e. The van der Waals surface area contributed by atoms with Crippen LogP contribution in [0, 0.1) is 0 Å². The van der Waals surface area contributed by atoms with Gasteiger partial charge < -0.3 is 0 Å². The van der Waals surface area contributed by atoms with Crippen LogP contribution in [0.4, 0.5) is 5.95 Å². The number of anilines is 1. The number of rotatable bonds is 3. The largest absolute Gasteiger partial charge is 0.292 e. The lowest BCUT2D eigenvalue weighted by atomic mass is 10.4. The number of aromatic amines is 1. The molecule has 17 heavy (non-hydrogen) atoms. The Morgan fingerprint density at radius 3 is 3.12 bits per heavy atom. The average molecular weight is 266 g/mol. The van der Waals surface area contributed by atoms with Crippen molar-refractivity contribution in [3.05, 3.63) is 11.7 Å². The molecule has 0 saturated carbocycles. The average Bonchev–Trinajstić information content (AvgIpc) is 2.98. The molecule has 3 aromatic rings. The van der Waals surface area contributed by atoms with Crippen LogP contribution in [0.25, 0.3) is 11.0 Å². The molecule has 10 heteroatoms. The Bertz CT molecular complexity index is 632. The van der Waals surface area contributed by atoms with Crippen molar-refractivity contribution in [2.45, 2.75) is 9.37 Å². The molecule has 0 aliphatic carbocycles. The summed E-state index contributed by atoms with van der Waals surface area (Å²) in [5.74, 6) is 5.64. The van der Waals surface area contributed by atoms with E-state index in [1.165, 1.54) is 23.1 Å². The number of hydrazine groups is 1. The molecule has 3 rings (SSSR count). The van der Waals surface area contributed by atoms with Crippen LogP contribution >= 0.6 is 23.1 Å². The van der Waals surface area contributed by atoms with E-state index < -0.39 is 0 Å². The number of nitrogens with zero attached hydrogens (tertiary/aromatic N) is 5. The first-order valence-electron chi connectivity index (χ1n) is 4.48. The van der Waals surface area contributed by atoms with E-state index in [0.717, 1.165) is 14.8 Å². The first-order chi connectivity index (χ1) is 8.36. The molecule has 0 aliphatic rings. The van der Waals surface area contributed by atoms with Crippen molar-refractivity contribution in [1.29, 1.82) is 0 Å². The summed E-state index contributed by atoms with van der Waals surface area (Å²) in [6.07, 6.45) is 1.67. The smallest absolute Gasteiger partial charge is 0.240 e. The Kier molecular flexibility index (Phi) is 2.59. The van der Waals surface area contributed by atoms with Crippen molar-refractivity contribution in [2.75, 3.05) is 5.43 Å². The molecule has 0 spiro atoms. The molecule has 0 saturated heterocycles. The first-order valence-corrected chi connectivity index (χ1v) is 6.18. The number of H-pyrrole nitrogens is 1. The van der Waals surface area contributed by atoms with E-state index in [9.17, 15) is 0 Å². The van der Waals surface area contributed by atoms with Gasteiger partial charge in [-0.05, 0) is 11.8 Å². The van der Waals surface area contributed by atoms with E-state index in [2.05, 4.69) is 35.8 Å². The molecule has 3 heterocycles. The summed E-state index contributed by atoms with van der Waals surface area (Å²) in [6.45, 7) is 0. The van der Waals surface area contributed by atoms with Gasteiger partial charge in [0, 0.05) is 0 Å². The van der Waals surface area contributed by atoms with Crippen LogP contribution < -0.4 is 11.3 Å². The molecule has 0 atom stereocenters. The third kappa shape index (κ3) is 1.92. The monoisotopic (exact) mass is 266 g/mol. The molecular weight excluding hydrogens is 260 g/mol. The van der Waals surface area contributed by atoms with Crippen LogP contribution in [0.5, 0.6) is 0 Å². The van der Waals surface area contributed by atoms with Gasteiger partial charge in [-0.2, -0.15) is 10.1 Å². The summed E-state index contributed by atoms with van der Waals surface area (Å²) in [6, 6.07) is 0. The second kappa shape index (κ2) is 4.24. The number of aromatic nitrogens is 6. The summed E-state index contributed by atoms with van der Waals surface area (Å²) in [4.78, 5) is 8.39. The van der Waals surface area contributed by atoms with Crippen LogP contribution in [0.1, 0.15) is 0 Å². The topological polar surface area (TPSA) is 118 Å². The van der Waals surface area contributed by atoms with Gasteiger partial charge in [0.05, 0.1) is 11.6 Å². The SMILES string of the molecule is NNc1nc(Sc2nncs2)c2cn[nH]c2n1. The maximum Gasteiger partial charge on any atom is 0.240 e. The maximum atomic E-state index is 5.31. The van der Waals surface area contributed by atoms with Gasteiger partial charge in [0.1, 0.15) is 10.5 Å². The first kappa shape index (κ1) is 10.4. The summed E-state index contributed by atoms with van der Waals surface area (Å²) in [5.41, 5.74) is 4.70. The van der Waals surface area contributed by atoms with Crippen LogP contribution in [-0.4, -0.2) is 30.4 Å². The van der Waals surface area contributed by atoms with Crippen molar-refractivity contribution in [1.82, 2.24) is 30.4 Å². The highest BCUT2D eigenvalue weighted by Gasteiger charge is 2.11. The number of fused-ring (bicyclic) bond motifs is 1. The fourth-order valence-electron chi connectivity index (χ4n) is 1.24. The lowest BCUT2D eigenvalue weighted by Gasteiger charge is -2.02. The molecule has 4 N–H and O–H groups in total. The van der Waals surface area contributed by atoms with Gasteiger partial charge in [0.2, 0.25) is 5.95 Å². The highest BCUT2D eigenvalue weighted by molar-refractivity contribution is 8.01. The summed E-state index contributed by atoms with van der Waals surface area (Å²) in [7, 11) is 0. The standard InChI is InChI=1S/C7H6N8S2/c8-13-6-11-4-3(1-9-14-4)5(12-6)17-7-15-10-2-16-7/h1-2H,8H2,(H2,9,11,12,13,14). The lowest BCUT2D eigenvalue weighted by Crippen LogP contribution is -2.10. The summed E-state index contributed by atoms with van der Waals surface area (Å²) < 4.78 is 0.800. The summed E-state index contributed by atoms with van der Waals surface area (Å²) >= 11 is 2.84. The minimum absolute atomic E-state index is 0.328. The van der Waals surface area contributed by atoms with Crippen LogP contribution in [0.3, 0.4) is 0 Å². The molecular formula is C7H6N8S2. The van der Waals surface area contributed by atoms with Crippen LogP contribution in [-0.2, 0) is 0 Å². The molecule has 0 amide bonds. The molecule has 0 aromatic carbocycles. The van der Waals surface area contributed by atoms with Gasteiger partial charge >= 0.3 is 0 Å². The van der Waals surface area contributed by atoms with E-state index in [1.807, 2.05) is 0 Å². The lowest BCUT2D eigenvalue weighted by molar-refractivity contribution is 1.00. The molecule has 0 aliphatic heterocycles. The number of hydrogen-bond donors (Lipinski definition) is 3. The normalized spacial score (nSPS) is 10.9. The van der Waals surface area contributed by atoms with Gasteiger partial charge in [0.15, 0.2) is 9.99 Å². The van der Waals surface area contributed by atoms with E-state index >= 15 is 0 Å². The van der Waals surface area contributed by atoms with Gasteiger partial charge in [0.25, 0.3) is 0 Å². The van der Waals surface area contributed by atoms with Gasteiger partial charge in [-0.25, -0.2) is 10.8 Å². The predicted octanol–water partition coefficient (Wildman–Crippen LogP) is 0.641. The Labute approximate surface area is 103 Å². The Balaban J connectivity index is 2.10. The number of nitrogens with two attached hydrogens (primary N) is 1. The van der Waals surface area contributed by atoms with Gasteiger partial charge in [-0.15, -0.1) is 10.2 Å².